The molecule has 0 aliphatic rings. The Balaban J connectivity index is 1.81. The van der Waals surface area contributed by atoms with Gasteiger partial charge in [-0.15, -0.1) is 0 Å². The van der Waals surface area contributed by atoms with Gasteiger partial charge in [-0.05, 0) is 36.8 Å². The first-order valence-corrected chi connectivity index (χ1v) is 11.8. The minimum absolute atomic E-state index is 0.00710. The molecule has 0 saturated heterocycles. The van der Waals surface area contributed by atoms with Crippen molar-refractivity contribution < 1.29 is 27.2 Å². The summed E-state index contributed by atoms with van der Waals surface area (Å²) in [4.78, 5) is 12.6. The second-order valence-electron chi connectivity index (χ2n) is 7.53. The molecule has 6 nitrogen and oxygen atoms in total. The van der Waals surface area contributed by atoms with Gasteiger partial charge >= 0.3 is 5.97 Å². The lowest BCUT2D eigenvalue weighted by molar-refractivity contribution is 0.00824. The number of hydrogen-bond acceptors (Lipinski definition) is 6. The number of carbonyl (C=O) groups is 1. The zero-order chi connectivity index (χ0) is 23.8. The van der Waals surface area contributed by atoms with Crippen molar-refractivity contribution in [3.8, 4) is 0 Å². The maximum atomic E-state index is 12.6. The van der Waals surface area contributed by atoms with Crippen LogP contribution in [0.5, 0.6) is 0 Å². The van der Waals surface area contributed by atoms with Crippen molar-refractivity contribution in [2.45, 2.75) is 29.9 Å². The van der Waals surface area contributed by atoms with Gasteiger partial charge in [0.1, 0.15) is 6.10 Å². The van der Waals surface area contributed by atoms with Crippen LogP contribution in [0.15, 0.2) is 102 Å². The quantitative estimate of drug-likeness (QED) is 0.273. The summed E-state index contributed by atoms with van der Waals surface area (Å²) in [6.45, 7) is 5.07. The van der Waals surface area contributed by atoms with Gasteiger partial charge in [0.05, 0.1) is 29.1 Å². The molecule has 0 aliphatic heterocycles. The first kappa shape index (κ1) is 24.4. The Bertz CT molecular complexity index is 1160. The van der Waals surface area contributed by atoms with Crippen LogP contribution in [0.2, 0.25) is 0 Å². The predicted molar refractivity (Wildman–Crippen MR) is 125 cm³/mol. The van der Waals surface area contributed by atoms with Crippen LogP contribution in [-0.4, -0.2) is 38.3 Å². The molecule has 0 spiro atoms. The summed E-state index contributed by atoms with van der Waals surface area (Å²) in [5.74, 6) is -1.38. The second-order valence-corrected chi connectivity index (χ2v) is 9.14. The number of esters is 1. The molecule has 3 aromatic rings. The highest BCUT2D eigenvalue weighted by Gasteiger charge is 2.33. The molecule has 1 N–H and O–H groups in total. The van der Waals surface area contributed by atoms with Crippen LogP contribution in [0.3, 0.4) is 0 Å². The number of rotatable bonds is 10. The van der Waals surface area contributed by atoms with E-state index in [2.05, 4.69) is 6.58 Å². The number of aryl methyl sites for hydroxylation is 1. The lowest BCUT2D eigenvalue weighted by Gasteiger charge is -2.29. The molecule has 0 aromatic heterocycles. The molecular formula is C26H26O6S. The fourth-order valence-electron chi connectivity index (χ4n) is 3.38. The second kappa shape index (κ2) is 11.0. The average molecular weight is 467 g/mol. The molecule has 33 heavy (non-hydrogen) atoms. The number of ether oxygens (including phenoxy) is 1. The van der Waals surface area contributed by atoms with E-state index < -0.39 is 40.8 Å². The van der Waals surface area contributed by atoms with Crippen LogP contribution in [-0.2, 0) is 19.0 Å². The third-order valence-corrected chi connectivity index (χ3v) is 6.44. The van der Waals surface area contributed by atoms with E-state index >= 15 is 0 Å². The zero-order valence-corrected chi connectivity index (χ0v) is 19.0. The van der Waals surface area contributed by atoms with E-state index in [0.717, 1.165) is 5.56 Å². The third kappa shape index (κ3) is 6.38. The van der Waals surface area contributed by atoms with Gasteiger partial charge in [-0.25, -0.2) is 4.79 Å². The summed E-state index contributed by atoms with van der Waals surface area (Å²) in [5.41, 5.74) is 1.91. The fraction of sp³-hybridized carbons (Fsp3) is 0.192. The lowest BCUT2D eigenvalue weighted by Crippen LogP contribution is -2.35. The van der Waals surface area contributed by atoms with Crippen molar-refractivity contribution in [2.24, 2.45) is 0 Å². The van der Waals surface area contributed by atoms with Crippen LogP contribution >= 0.6 is 0 Å². The van der Waals surface area contributed by atoms with Gasteiger partial charge in [0.2, 0.25) is 0 Å². The van der Waals surface area contributed by atoms with Crippen LogP contribution in [0.4, 0.5) is 0 Å². The number of hydrogen-bond donors (Lipinski definition) is 1. The van der Waals surface area contributed by atoms with Crippen LogP contribution in [0, 0.1) is 6.92 Å². The van der Waals surface area contributed by atoms with Crippen molar-refractivity contribution >= 4 is 16.1 Å². The van der Waals surface area contributed by atoms with E-state index in [0.29, 0.717) is 11.1 Å². The third-order valence-electron chi connectivity index (χ3n) is 5.14. The standard InChI is InChI=1S/C26H26O6S/c1-3-24(32-26(28)21-12-8-5-9-13-21)25(20-10-6-4-7-11-20)23(27)18-31-33(29,30)22-16-14-19(2)15-17-22/h3-17,23-25,27H,1,18H2,2H3/t23-,24-,25+/m1/s1. The molecule has 3 atom stereocenters. The summed E-state index contributed by atoms with van der Waals surface area (Å²) >= 11 is 0. The SMILES string of the molecule is C=C[C@@H](OC(=O)c1ccccc1)[C@@H](c1ccccc1)[C@H](O)COS(=O)(=O)c1ccc(C)cc1. The van der Waals surface area contributed by atoms with Gasteiger partial charge in [-0.1, -0.05) is 78.9 Å². The highest BCUT2D eigenvalue weighted by atomic mass is 32.2. The largest absolute Gasteiger partial charge is 0.454 e. The molecule has 0 amide bonds. The minimum Gasteiger partial charge on any atom is -0.454 e. The highest BCUT2D eigenvalue weighted by Crippen LogP contribution is 2.28. The van der Waals surface area contributed by atoms with Crippen LogP contribution in [0.1, 0.15) is 27.4 Å². The van der Waals surface area contributed by atoms with Crippen molar-refractivity contribution in [3.05, 3.63) is 114 Å². The first-order valence-electron chi connectivity index (χ1n) is 10.4. The van der Waals surface area contributed by atoms with E-state index in [-0.39, 0.29) is 4.90 Å². The number of carbonyl (C=O) groups excluding carboxylic acids is 1. The highest BCUT2D eigenvalue weighted by molar-refractivity contribution is 7.86. The Kier molecular flexibility index (Phi) is 8.16. The van der Waals surface area contributed by atoms with Gasteiger partial charge in [0.25, 0.3) is 10.1 Å². The zero-order valence-electron chi connectivity index (χ0n) is 18.2. The van der Waals surface area contributed by atoms with Crippen molar-refractivity contribution in [1.82, 2.24) is 0 Å². The molecule has 0 unspecified atom stereocenters. The van der Waals surface area contributed by atoms with E-state index in [1.54, 1.807) is 66.7 Å². The molecule has 0 radical (unpaired) electrons. The topological polar surface area (TPSA) is 89.9 Å². The molecular weight excluding hydrogens is 440 g/mol. The average Bonchev–Trinajstić information content (AvgIpc) is 2.83. The summed E-state index contributed by atoms with van der Waals surface area (Å²) in [7, 11) is -4.08. The van der Waals surface area contributed by atoms with Crippen LogP contribution < -0.4 is 0 Å². The predicted octanol–water partition coefficient (Wildman–Crippen LogP) is 4.26. The lowest BCUT2D eigenvalue weighted by atomic mass is 9.88. The van der Waals surface area contributed by atoms with E-state index in [1.165, 1.54) is 18.2 Å². The molecule has 7 heteroatoms. The van der Waals surface area contributed by atoms with E-state index in [9.17, 15) is 18.3 Å². The maximum Gasteiger partial charge on any atom is 0.338 e. The number of aliphatic hydroxyl groups is 1. The van der Waals surface area contributed by atoms with Crippen molar-refractivity contribution in [2.75, 3.05) is 6.61 Å². The summed E-state index contributed by atoms with van der Waals surface area (Å²) in [6, 6.07) is 23.5. The molecule has 0 aliphatic carbocycles. The molecule has 3 aromatic carbocycles. The Morgan fingerprint density at radius 1 is 0.970 bits per heavy atom. The van der Waals surface area contributed by atoms with Gasteiger partial charge < -0.3 is 9.84 Å². The molecule has 0 fully saturated rings. The Morgan fingerprint density at radius 2 is 1.55 bits per heavy atom. The van der Waals surface area contributed by atoms with E-state index in [4.69, 9.17) is 8.92 Å². The van der Waals surface area contributed by atoms with Gasteiger partial charge in [0, 0.05) is 0 Å². The van der Waals surface area contributed by atoms with Gasteiger partial charge in [0.15, 0.2) is 0 Å². The Morgan fingerprint density at radius 3 is 2.12 bits per heavy atom. The van der Waals surface area contributed by atoms with Crippen LogP contribution in [0.25, 0.3) is 0 Å². The fourth-order valence-corrected chi connectivity index (χ4v) is 4.30. The number of aliphatic hydroxyl groups excluding tert-OH is 1. The summed E-state index contributed by atoms with van der Waals surface area (Å²) < 4.78 is 35.9. The first-order chi connectivity index (χ1) is 15.8. The monoisotopic (exact) mass is 466 g/mol. The molecule has 0 heterocycles. The van der Waals surface area contributed by atoms with Gasteiger partial charge in [-0.3, -0.25) is 4.18 Å². The number of benzene rings is 3. The molecule has 172 valence electrons. The minimum atomic E-state index is -4.08. The maximum absolute atomic E-state index is 12.6. The molecule has 0 saturated carbocycles. The summed E-state index contributed by atoms with van der Waals surface area (Å²) in [5, 5.41) is 11.0. The van der Waals surface area contributed by atoms with Crippen molar-refractivity contribution in [1.29, 1.82) is 0 Å². The Hall–Kier alpha value is -3.26. The normalized spacial score (nSPS) is 14.1. The van der Waals surface area contributed by atoms with Crippen molar-refractivity contribution in [3.63, 3.8) is 0 Å². The smallest absolute Gasteiger partial charge is 0.338 e. The summed E-state index contributed by atoms with van der Waals surface area (Å²) in [6.07, 6.45) is -0.823. The Labute approximate surface area is 194 Å². The van der Waals surface area contributed by atoms with E-state index in [1.807, 2.05) is 13.0 Å². The molecule has 0 bridgehead atoms. The van der Waals surface area contributed by atoms with Gasteiger partial charge in [-0.2, -0.15) is 8.42 Å². The molecule has 3 rings (SSSR count).